The van der Waals surface area contributed by atoms with Crippen LogP contribution in [-0.4, -0.2) is 26.5 Å². The van der Waals surface area contributed by atoms with E-state index in [1.807, 2.05) is 0 Å². The van der Waals surface area contributed by atoms with Crippen LogP contribution in [0.4, 0.5) is 16.2 Å². The van der Waals surface area contributed by atoms with Crippen molar-refractivity contribution in [3.63, 3.8) is 0 Å². The minimum Gasteiger partial charge on any atom is -0.370 e. The number of nitrogens with two attached hydrogens (primary N) is 1. The highest BCUT2D eigenvalue weighted by atomic mass is 19.1. The zero-order valence-electron chi connectivity index (χ0n) is 10.2. The zero-order chi connectivity index (χ0) is 13.2. The highest BCUT2D eigenvalue weighted by Gasteiger charge is 2.21. The van der Waals surface area contributed by atoms with Crippen molar-refractivity contribution in [2.45, 2.75) is 12.8 Å². The van der Waals surface area contributed by atoms with Gasteiger partial charge >= 0.3 is 0 Å². The van der Waals surface area contributed by atoms with Crippen molar-refractivity contribution in [2.75, 3.05) is 17.6 Å². The van der Waals surface area contributed by atoms with Crippen LogP contribution < -0.4 is 11.1 Å². The second-order valence-electron chi connectivity index (χ2n) is 4.54. The molecule has 0 saturated heterocycles. The Morgan fingerprint density at radius 2 is 2.16 bits per heavy atom. The number of anilines is 2. The number of aromatic nitrogens is 4. The summed E-state index contributed by atoms with van der Waals surface area (Å²) in [5.41, 5.74) is 5.94. The summed E-state index contributed by atoms with van der Waals surface area (Å²) in [6.45, 7) is 0.880. The second-order valence-corrected chi connectivity index (χ2v) is 4.54. The number of nitrogens with one attached hydrogen (secondary N) is 1. The van der Waals surface area contributed by atoms with Crippen molar-refractivity contribution < 1.29 is 4.39 Å². The van der Waals surface area contributed by atoms with Gasteiger partial charge in [0.15, 0.2) is 5.82 Å². The Morgan fingerprint density at radius 3 is 2.95 bits per heavy atom. The number of nitrogen functional groups attached to an aromatic ring is 1. The lowest BCUT2D eigenvalue weighted by Gasteiger charge is -2.06. The third-order valence-corrected chi connectivity index (χ3v) is 2.94. The molecule has 1 aliphatic rings. The van der Waals surface area contributed by atoms with Gasteiger partial charge in [0, 0.05) is 12.6 Å². The monoisotopic (exact) mass is 260 g/mol. The summed E-state index contributed by atoms with van der Waals surface area (Å²) in [7, 11) is 0. The third kappa shape index (κ3) is 2.75. The quantitative estimate of drug-likeness (QED) is 0.865. The summed E-state index contributed by atoms with van der Waals surface area (Å²) < 4.78 is 13.6. The molecule has 0 radical (unpaired) electrons. The molecule has 3 N–H and O–H groups in total. The molecule has 1 saturated carbocycles. The van der Waals surface area contributed by atoms with Gasteiger partial charge < -0.3 is 11.1 Å². The van der Waals surface area contributed by atoms with Crippen LogP contribution in [-0.2, 0) is 0 Å². The Balaban J connectivity index is 1.86. The largest absolute Gasteiger partial charge is 0.370 e. The average Bonchev–Trinajstić information content (AvgIpc) is 3.24. The van der Waals surface area contributed by atoms with Crippen molar-refractivity contribution >= 4 is 11.8 Å². The normalized spacial score (nSPS) is 14.4. The summed E-state index contributed by atoms with van der Waals surface area (Å²) in [5.74, 6) is 0.849. The van der Waals surface area contributed by atoms with E-state index < -0.39 is 5.82 Å². The van der Waals surface area contributed by atoms with Gasteiger partial charge in [0.1, 0.15) is 17.8 Å². The molecule has 0 bridgehead atoms. The molecule has 2 aromatic rings. The van der Waals surface area contributed by atoms with Gasteiger partial charge in [-0.15, -0.1) is 0 Å². The number of hydrogen-bond acceptors (Lipinski definition) is 6. The Morgan fingerprint density at radius 1 is 1.32 bits per heavy atom. The first-order chi connectivity index (χ1) is 9.22. The van der Waals surface area contributed by atoms with E-state index in [1.54, 1.807) is 6.07 Å². The van der Waals surface area contributed by atoms with Gasteiger partial charge in [-0.1, -0.05) is 0 Å². The summed E-state index contributed by atoms with van der Waals surface area (Å²) in [4.78, 5) is 15.6. The van der Waals surface area contributed by atoms with E-state index in [0.29, 0.717) is 11.5 Å². The molecule has 1 fully saturated rings. The minimum absolute atomic E-state index is 0.0162. The first-order valence-electron chi connectivity index (χ1n) is 6.06. The summed E-state index contributed by atoms with van der Waals surface area (Å²) >= 11 is 0. The molecule has 2 aromatic heterocycles. The van der Waals surface area contributed by atoms with Crippen LogP contribution in [0, 0.1) is 11.7 Å². The van der Waals surface area contributed by atoms with Crippen LogP contribution in [0.3, 0.4) is 0 Å². The lowest BCUT2D eigenvalue weighted by atomic mass is 10.2. The molecule has 1 aliphatic carbocycles. The first kappa shape index (κ1) is 11.8. The molecule has 2 heterocycles. The fraction of sp³-hybridized carbons (Fsp3) is 0.333. The van der Waals surface area contributed by atoms with Crippen LogP contribution in [0.2, 0.25) is 0 Å². The van der Waals surface area contributed by atoms with Gasteiger partial charge in [-0.3, -0.25) is 0 Å². The van der Waals surface area contributed by atoms with E-state index in [2.05, 4.69) is 25.3 Å². The maximum atomic E-state index is 13.6. The van der Waals surface area contributed by atoms with Crippen molar-refractivity contribution in [1.82, 2.24) is 19.9 Å². The Hall–Kier alpha value is -2.31. The zero-order valence-corrected chi connectivity index (χ0v) is 10.2. The third-order valence-electron chi connectivity index (χ3n) is 2.94. The van der Waals surface area contributed by atoms with E-state index in [-0.39, 0.29) is 11.6 Å². The SMILES string of the molecule is Nc1ncc(F)c(-c2cc(NCC3CC3)ncn2)n1. The average molecular weight is 260 g/mol. The number of halogens is 1. The van der Waals surface area contributed by atoms with E-state index in [4.69, 9.17) is 5.73 Å². The maximum absolute atomic E-state index is 13.6. The first-order valence-corrected chi connectivity index (χ1v) is 6.06. The highest BCUT2D eigenvalue weighted by molar-refractivity contribution is 5.59. The molecule has 0 aromatic carbocycles. The molecule has 6 nitrogen and oxygen atoms in total. The fourth-order valence-corrected chi connectivity index (χ4v) is 1.71. The Kier molecular flexibility index (Phi) is 2.94. The van der Waals surface area contributed by atoms with Gasteiger partial charge in [0.05, 0.1) is 11.9 Å². The van der Waals surface area contributed by atoms with Crippen molar-refractivity contribution in [3.8, 4) is 11.4 Å². The molecule has 19 heavy (non-hydrogen) atoms. The van der Waals surface area contributed by atoms with Gasteiger partial charge in [0.2, 0.25) is 5.95 Å². The minimum atomic E-state index is -0.555. The molecular formula is C12H13FN6. The number of nitrogens with zero attached hydrogens (tertiary/aromatic N) is 4. The maximum Gasteiger partial charge on any atom is 0.220 e. The molecule has 3 rings (SSSR count). The van der Waals surface area contributed by atoms with Crippen LogP contribution >= 0.6 is 0 Å². The molecule has 0 aliphatic heterocycles. The Labute approximate surface area is 109 Å². The second kappa shape index (κ2) is 4.75. The highest BCUT2D eigenvalue weighted by Crippen LogP contribution is 2.29. The fourth-order valence-electron chi connectivity index (χ4n) is 1.71. The lowest BCUT2D eigenvalue weighted by Crippen LogP contribution is -2.06. The van der Waals surface area contributed by atoms with Gasteiger partial charge in [-0.2, -0.15) is 0 Å². The van der Waals surface area contributed by atoms with E-state index in [0.717, 1.165) is 18.7 Å². The topological polar surface area (TPSA) is 89.6 Å². The van der Waals surface area contributed by atoms with E-state index in [1.165, 1.54) is 19.2 Å². The van der Waals surface area contributed by atoms with Gasteiger partial charge in [-0.25, -0.2) is 24.3 Å². The molecule has 0 atom stereocenters. The van der Waals surface area contributed by atoms with Crippen LogP contribution in [0.5, 0.6) is 0 Å². The standard InChI is InChI=1S/C12H13FN6/c13-8-5-16-12(14)19-11(8)9-3-10(18-6-17-9)15-4-7-1-2-7/h3,5-7H,1-2,4H2,(H2,14,16,19)(H,15,17,18). The summed E-state index contributed by atoms with van der Waals surface area (Å²) in [5, 5.41) is 3.20. The van der Waals surface area contributed by atoms with Gasteiger partial charge in [-0.05, 0) is 18.8 Å². The summed E-state index contributed by atoms with van der Waals surface area (Å²) in [6.07, 6.45) is 4.92. The molecule has 0 amide bonds. The molecule has 0 spiro atoms. The predicted molar refractivity (Wildman–Crippen MR) is 68.6 cm³/mol. The summed E-state index contributed by atoms with van der Waals surface area (Å²) in [6, 6.07) is 1.66. The van der Waals surface area contributed by atoms with E-state index in [9.17, 15) is 4.39 Å². The van der Waals surface area contributed by atoms with Crippen molar-refractivity contribution in [2.24, 2.45) is 5.92 Å². The number of hydrogen-bond donors (Lipinski definition) is 2. The van der Waals surface area contributed by atoms with Crippen LogP contribution in [0.25, 0.3) is 11.4 Å². The molecule has 0 unspecified atom stereocenters. The predicted octanol–water partition coefficient (Wildman–Crippen LogP) is 1.48. The van der Waals surface area contributed by atoms with Crippen LogP contribution in [0.1, 0.15) is 12.8 Å². The lowest BCUT2D eigenvalue weighted by molar-refractivity contribution is 0.618. The van der Waals surface area contributed by atoms with Crippen molar-refractivity contribution in [3.05, 3.63) is 24.4 Å². The number of rotatable bonds is 4. The smallest absolute Gasteiger partial charge is 0.220 e. The van der Waals surface area contributed by atoms with Crippen LogP contribution in [0.15, 0.2) is 18.6 Å². The Bertz CT molecular complexity index is 599. The van der Waals surface area contributed by atoms with Gasteiger partial charge in [0.25, 0.3) is 0 Å². The van der Waals surface area contributed by atoms with Crippen molar-refractivity contribution in [1.29, 1.82) is 0 Å². The van der Waals surface area contributed by atoms with E-state index >= 15 is 0 Å². The molecular weight excluding hydrogens is 247 g/mol. The molecule has 7 heteroatoms. The molecule has 98 valence electrons.